The summed E-state index contributed by atoms with van der Waals surface area (Å²) in [5, 5.41) is 5.75. The van der Waals surface area contributed by atoms with Gasteiger partial charge in [-0.15, -0.1) is 11.8 Å². The monoisotopic (exact) mass is 446 g/mol. The van der Waals surface area contributed by atoms with E-state index in [1.165, 1.54) is 17.8 Å². The molecule has 0 unspecified atom stereocenters. The normalized spacial score (nSPS) is 16.4. The van der Waals surface area contributed by atoms with E-state index < -0.39 is 9.84 Å². The topological polar surface area (TPSA) is 92.3 Å². The third kappa shape index (κ3) is 5.23. The molecule has 0 bridgehead atoms. The third-order valence-corrected chi connectivity index (χ3v) is 7.88. The molecule has 6 nitrogen and oxygen atoms in total. The molecule has 0 fully saturated rings. The van der Waals surface area contributed by atoms with Gasteiger partial charge in [0.1, 0.15) is 0 Å². The fraction of sp³-hybridized carbons (Fsp3) is 0.364. The molecular formula is C22H26N2O4S2. The molecule has 30 heavy (non-hydrogen) atoms. The number of anilines is 2. The van der Waals surface area contributed by atoms with Gasteiger partial charge in [-0.1, -0.05) is 32.0 Å². The van der Waals surface area contributed by atoms with Gasteiger partial charge in [0, 0.05) is 28.7 Å². The summed E-state index contributed by atoms with van der Waals surface area (Å²) in [6.07, 6.45) is 1.00. The number of fused-ring (bicyclic) bond motifs is 1. The van der Waals surface area contributed by atoms with Crippen LogP contribution in [0.3, 0.4) is 0 Å². The fourth-order valence-electron chi connectivity index (χ4n) is 3.37. The molecule has 3 rings (SSSR count). The van der Waals surface area contributed by atoms with Crippen molar-refractivity contribution >= 4 is 44.8 Å². The maximum Gasteiger partial charge on any atom is 0.225 e. The molecule has 8 heteroatoms. The average Bonchev–Trinajstić information content (AvgIpc) is 2.83. The molecule has 1 aliphatic rings. The van der Waals surface area contributed by atoms with Crippen LogP contribution in [0.5, 0.6) is 0 Å². The molecule has 0 saturated heterocycles. The summed E-state index contributed by atoms with van der Waals surface area (Å²) in [4.78, 5) is 25.3. The lowest BCUT2D eigenvalue weighted by molar-refractivity contribution is -0.116. The Hall–Kier alpha value is -2.32. The molecule has 0 aromatic heterocycles. The Morgan fingerprint density at radius 2 is 2.03 bits per heavy atom. The van der Waals surface area contributed by atoms with Crippen LogP contribution in [0.2, 0.25) is 0 Å². The molecule has 0 saturated carbocycles. The molecule has 2 N–H and O–H groups in total. The maximum atomic E-state index is 12.8. The lowest BCUT2D eigenvalue weighted by Gasteiger charge is -2.13. The summed E-state index contributed by atoms with van der Waals surface area (Å²) in [6.45, 7) is 5.88. The van der Waals surface area contributed by atoms with E-state index in [1.807, 2.05) is 39.0 Å². The number of hydrogen-bond acceptors (Lipinski definition) is 5. The predicted octanol–water partition coefficient (Wildman–Crippen LogP) is 4.18. The first-order valence-electron chi connectivity index (χ1n) is 9.91. The van der Waals surface area contributed by atoms with Crippen LogP contribution in [-0.2, 0) is 25.8 Å². The molecular weight excluding hydrogens is 420 g/mol. The van der Waals surface area contributed by atoms with Gasteiger partial charge in [-0.05, 0) is 42.7 Å². The number of benzene rings is 2. The highest BCUT2D eigenvalue weighted by Gasteiger charge is 2.23. The minimum atomic E-state index is -3.67. The Balaban J connectivity index is 1.72. The third-order valence-electron chi connectivity index (χ3n) is 4.99. The maximum absolute atomic E-state index is 12.8. The van der Waals surface area contributed by atoms with Gasteiger partial charge < -0.3 is 10.6 Å². The van der Waals surface area contributed by atoms with E-state index >= 15 is 0 Å². The summed E-state index contributed by atoms with van der Waals surface area (Å²) in [6, 6.07) is 10.5. The van der Waals surface area contributed by atoms with E-state index in [4.69, 9.17) is 0 Å². The lowest BCUT2D eigenvalue weighted by atomic mass is 10.1. The average molecular weight is 447 g/mol. The highest BCUT2D eigenvalue weighted by atomic mass is 32.2. The van der Waals surface area contributed by atoms with E-state index in [-0.39, 0.29) is 34.1 Å². The molecule has 1 atom stereocenters. The van der Waals surface area contributed by atoms with Crippen molar-refractivity contribution in [1.82, 2.24) is 0 Å². The number of thioether (sulfide) groups is 1. The Bertz CT molecular complexity index is 1080. The molecule has 2 aromatic carbocycles. The van der Waals surface area contributed by atoms with Crippen LogP contribution in [0.15, 0.2) is 46.2 Å². The van der Waals surface area contributed by atoms with Gasteiger partial charge in [0.2, 0.25) is 11.8 Å². The van der Waals surface area contributed by atoms with Gasteiger partial charge in [0.05, 0.1) is 16.3 Å². The number of nitrogens with one attached hydrogen (secondary N) is 2. The number of carbonyl (C=O) groups is 2. The van der Waals surface area contributed by atoms with Gasteiger partial charge in [0.25, 0.3) is 0 Å². The van der Waals surface area contributed by atoms with Crippen LogP contribution >= 0.6 is 11.8 Å². The van der Waals surface area contributed by atoms with Gasteiger partial charge in [-0.25, -0.2) is 8.42 Å². The molecule has 1 aliphatic heterocycles. The van der Waals surface area contributed by atoms with Crippen LogP contribution in [0.25, 0.3) is 0 Å². The largest absolute Gasteiger partial charge is 0.326 e. The Labute approximate surface area is 181 Å². The van der Waals surface area contributed by atoms with E-state index in [9.17, 15) is 18.0 Å². The van der Waals surface area contributed by atoms with Crippen molar-refractivity contribution in [2.75, 3.05) is 16.4 Å². The molecule has 0 radical (unpaired) electrons. The standard InChI is InChI=1S/C22H26N2O4S2/c1-4-16-7-5-6-14(2)22(16)24-20(25)10-11-30(27,28)17-8-9-19-18(13-17)23-21(26)12-15(3)29-19/h5-9,13,15H,4,10-12H2,1-3H3,(H,23,26)(H,24,25)/t15-/m1/s1. The highest BCUT2D eigenvalue weighted by molar-refractivity contribution is 8.00. The first-order valence-corrected chi connectivity index (χ1v) is 12.4. The van der Waals surface area contributed by atoms with E-state index in [0.717, 1.165) is 28.1 Å². The van der Waals surface area contributed by atoms with Crippen molar-refractivity contribution in [2.24, 2.45) is 0 Å². The van der Waals surface area contributed by atoms with Crippen LogP contribution in [0.4, 0.5) is 11.4 Å². The van der Waals surface area contributed by atoms with Crippen molar-refractivity contribution in [3.63, 3.8) is 0 Å². The van der Waals surface area contributed by atoms with Crippen LogP contribution in [0, 0.1) is 6.92 Å². The highest BCUT2D eigenvalue weighted by Crippen LogP contribution is 2.36. The first-order chi connectivity index (χ1) is 14.2. The minimum Gasteiger partial charge on any atom is -0.326 e. The zero-order valence-corrected chi connectivity index (χ0v) is 19.0. The van der Waals surface area contributed by atoms with Gasteiger partial charge in [-0.2, -0.15) is 0 Å². The number of para-hydroxylation sites is 1. The Morgan fingerprint density at radius 1 is 1.27 bits per heavy atom. The van der Waals surface area contributed by atoms with Crippen LogP contribution < -0.4 is 10.6 Å². The molecule has 1 heterocycles. The number of hydrogen-bond donors (Lipinski definition) is 2. The SMILES string of the molecule is CCc1cccc(C)c1NC(=O)CCS(=O)(=O)c1ccc2c(c1)NC(=O)C[C@@H](C)S2. The Morgan fingerprint density at radius 3 is 2.77 bits per heavy atom. The summed E-state index contributed by atoms with van der Waals surface area (Å²) in [5.41, 5.74) is 3.21. The number of amides is 2. The number of rotatable bonds is 6. The van der Waals surface area contributed by atoms with Crippen molar-refractivity contribution < 1.29 is 18.0 Å². The zero-order chi connectivity index (χ0) is 21.9. The second kappa shape index (κ2) is 9.22. The molecule has 2 amide bonds. The van der Waals surface area contributed by atoms with Gasteiger partial charge in [0.15, 0.2) is 9.84 Å². The lowest BCUT2D eigenvalue weighted by Crippen LogP contribution is -2.19. The van der Waals surface area contributed by atoms with Crippen molar-refractivity contribution in [1.29, 1.82) is 0 Å². The van der Waals surface area contributed by atoms with Gasteiger partial charge in [-0.3, -0.25) is 9.59 Å². The molecule has 0 aliphatic carbocycles. The number of aryl methyl sites for hydroxylation is 2. The van der Waals surface area contributed by atoms with Crippen LogP contribution in [0.1, 0.15) is 37.8 Å². The number of sulfone groups is 1. The quantitative estimate of drug-likeness (QED) is 0.694. The number of carbonyl (C=O) groups excluding carboxylic acids is 2. The van der Waals surface area contributed by atoms with Crippen molar-refractivity contribution in [2.45, 2.75) is 55.1 Å². The van der Waals surface area contributed by atoms with Crippen molar-refractivity contribution in [3.8, 4) is 0 Å². The summed E-state index contributed by atoms with van der Waals surface area (Å²) in [7, 11) is -3.67. The molecule has 0 spiro atoms. The Kier molecular flexibility index (Phi) is 6.88. The fourth-order valence-corrected chi connectivity index (χ4v) is 5.69. The summed E-state index contributed by atoms with van der Waals surface area (Å²) in [5.74, 6) is -0.773. The second-order valence-electron chi connectivity index (χ2n) is 7.42. The summed E-state index contributed by atoms with van der Waals surface area (Å²) >= 11 is 1.54. The van der Waals surface area contributed by atoms with Crippen molar-refractivity contribution in [3.05, 3.63) is 47.5 Å². The first kappa shape index (κ1) is 22.4. The van der Waals surface area contributed by atoms with E-state index in [1.54, 1.807) is 12.1 Å². The predicted molar refractivity (Wildman–Crippen MR) is 121 cm³/mol. The minimum absolute atomic E-state index is 0.106. The summed E-state index contributed by atoms with van der Waals surface area (Å²) < 4.78 is 25.6. The zero-order valence-electron chi connectivity index (χ0n) is 17.3. The van der Waals surface area contributed by atoms with Gasteiger partial charge >= 0.3 is 0 Å². The second-order valence-corrected chi connectivity index (χ2v) is 11.0. The van der Waals surface area contributed by atoms with Crippen LogP contribution in [-0.4, -0.2) is 31.2 Å². The van der Waals surface area contributed by atoms with E-state index in [0.29, 0.717) is 12.1 Å². The van der Waals surface area contributed by atoms with E-state index in [2.05, 4.69) is 10.6 Å². The molecule has 160 valence electrons. The smallest absolute Gasteiger partial charge is 0.225 e. The molecule has 2 aromatic rings.